The molecule has 8 nitrogen and oxygen atoms in total. The molecule has 30 heavy (non-hydrogen) atoms. The maximum atomic E-state index is 12.4. The Morgan fingerprint density at radius 2 is 1.90 bits per heavy atom. The summed E-state index contributed by atoms with van der Waals surface area (Å²) in [6.07, 6.45) is 2.34. The van der Waals surface area contributed by atoms with Crippen LogP contribution in [0.4, 0.5) is 0 Å². The van der Waals surface area contributed by atoms with Crippen LogP contribution >= 0.6 is 0 Å². The fourth-order valence-electron chi connectivity index (χ4n) is 2.68. The minimum Gasteiger partial charge on any atom is -0.493 e. The second-order valence-corrected chi connectivity index (χ2v) is 6.77. The molecule has 1 heterocycles. The SMILES string of the molecule is CN=C(NCC(=O)N(C)CCc1ccccn1)NCC(C)Oc1ccccc1OC. The number of carbonyl (C=O) groups is 1. The van der Waals surface area contributed by atoms with Gasteiger partial charge in [0.2, 0.25) is 5.91 Å². The molecule has 0 aliphatic heterocycles. The van der Waals surface area contributed by atoms with E-state index < -0.39 is 0 Å². The van der Waals surface area contributed by atoms with Gasteiger partial charge in [-0.2, -0.15) is 0 Å². The van der Waals surface area contributed by atoms with Gasteiger partial charge in [0.15, 0.2) is 17.5 Å². The molecule has 0 spiro atoms. The number of para-hydroxylation sites is 2. The van der Waals surface area contributed by atoms with E-state index in [2.05, 4.69) is 20.6 Å². The van der Waals surface area contributed by atoms with E-state index in [0.717, 1.165) is 5.69 Å². The predicted molar refractivity (Wildman–Crippen MR) is 118 cm³/mol. The van der Waals surface area contributed by atoms with E-state index in [9.17, 15) is 4.79 Å². The molecule has 0 radical (unpaired) electrons. The van der Waals surface area contributed by atoms with Crippen molar-refractivity contribution in [2.75, 3.05) is 40.8 Å². The second kappa shape index (κ2) is 12.3. The highest BCUT2D eigenvalue weighted by atomic mass is 16.5. The third-order valence-electron chi connectivity index (χ3n) is 4.44. The fraction of sp³-hybridized carbons (Fsp3) is 0.409. The first-order valence-corrected chi connectivity index (χ1v) is 9.91. The summed E-state index contributed by atoms with van der Waals surface area (Å²) >= 11 is 0. The van der Waals surface area contributed by atoms with Crippen molar-refractivity contribution in [1.82, 2.24) is 20.5 Å². The Kier molecular flexibility index (Phi) is 9.44. The summed E-state index contributed by atoms with van der Waals surface area (Å²) in [7, 11) is 5.06. The number of aliphatic imine (C=N–C) groups is 1. The number of hydrogen-bond donors (Lipinski definition) is 2. The summed E-state index contributed by atoms with van der Waals surface area (Å²) in [6, 6.07) is 13.3. The molecule has 1 aromatic heterocycles. The molecular weight excluding hydrogens is 382 g/mol. The number of hydrogen-bond acceptors (Lipinski definition) is 5. The summed E-state index contributed by atoms with van der Waals surface area (Å²) in [5.74, 6) is 1.89. The Labute approximate surface area is 178 Å². The zero-order valence-corrected chi connectivity index (χ0v) is 18.1. The van der Waals surface area contributed by atoms with E-state index in [1.54, 1.807) is 32.3 Å². The minimum atomic E-state index is -0.128. The van der Waals surface area contributed by atoms with Gasteiger partial charge in [-0.15, -0.1) is 0 Å². The van der Waals surface area contributed by atoms with Crippen LogP contribution in [0.15, 0.2) is 53.7 Å². The Balaban J connectivity index is 1.72. The maximum absolute atomic E-state index is 12.4. The van der Waals surface area contributed by atoms with Gasteiger partial charge in [0.1, 0.15) is 6.10 Å². The van der Waals surface area contributed by atoms with Gasteiger partial charge in [0, 0.05) is 39.0 Å². The van der Waals surface area contributed by atoms with Crippen molar-refractivity contribution < 1.29 is 14.3 Å². The van der Waals surface area contributed by atoms with Crippen molar-refractivity contribution in [3.8, 4) is 11.5 Å². The third kappa shape index (κ3) is 7.62. The normalized spacial score (nSPS) is 12.1. The van der Waals surface area contributed by atoms with Crippen molar-refractivity contribution in [2.24, 2.45) is 4.99 Å². The number of carbonyl (C=O) groups excluding carboxylic acids is 1. The first-order chi connectivity index (χ1) is 14.5. The van der Waals surface area contributed by atoms with E-state index in [1.165, 1.54) is 0 Å². The van der Waals surface area contributed by atoms with E-state index in [0.29, 0.717) is 37.0 Å². The number of aromatic nitrogens is 1. The minimum absolute atomic E-state index is 0.0211. The van der Waals surface area contributed by atoms with E-state index in [4.69, 9.17) is 9.47 Å². The fourth-order valence-corrected chi connectivity index (χ4v) is 2.68. The summed E-state index contributed by atoms with van der Waals surface area (Å²) in [4.78, 5) is 22.5. The number of nitrogens with zero attached hydrogens (tertiary/aromatic N) is 3. The molecule has 162 valence electrons. The molecule has 1 unspecified atom stereocenters. The molecule has 0 aliphatic rings. The molecule has 1 atom stereocenters. The van der Waals surface area contributed by atoms with Crippen molar-refractivity contribution in [3.05, 3.63) is 54.4 Å². The average Bonchev–Trinajstić information content (AvgIpc) is 2.78. The number of pyridine rings is 1. The van der Waals surface area contributed by atoms with E-state index in [-0.39, 0.29) is 18.6 Å². The molecule has 0 fully saturated rings. The maximum Gasteiger partial charge on any atom is 0.241 e. The van der Waals surface area contributed by atoms with Gasteiger partial charge in [-0.05, 0) is 31.2 Å². The van der Waals surface area contributed by atoms with E-state index in [1.807, 2.05) is 49.4 Å². The lowest BCUT2D eigenvalue weighted by atomic mass is 10.2. The molecule has 2 N–H and O–H groups in total. The van der Waals surface area contributed by atoms with Gasteiger partial charge in [0.05, 0.1) is 20.2 Å². The number of methoxy groups -OCH3 is 1. The Morgan fingerprint density at radius 1 is 1.17 bits per heavy atom. The number of rotatable bonds is 10. The number of likely N-dealkylation sites (N-methyl/N-ethyl adjacent to an activating group) is 1. The van der Waals surface area contributed by atoms with Crippen molar-refractivity contribution in [3.63, 3.8) is 0 Å². The van der Waals surface area contributed by atoms with Crippen LogP contribution in [-0.2, 0) is 11.2 Å². The first kappa shape index (κ1) is 23.0. The molecule has 1 aromatic carbocycles. The van der Waals surface area contributed by atoms with Gasteiger partial charge in [-0.3, -0.25) is 14.8 Å². The summed E-state index contributed by atoms with van der Waals surface area (Å²) in [5, 5.41) is 6.21. The van der Waals surface area contributed by atoms with E-state index >= 15 is 0 Å². The van der Waals surface area contributed by atoms with Crippen LogP contribution < -0.4 is 20.1 Å². The number of guanidine groups is 1. The molecule has 2 rings (SSSR count). The quantitative estimate of drug-likeness (QED) is 0.456. The smallest absolute Gasteiger partial charge is 0.241 e. The molecular formula is C22H31N5O3. The van der Waals surface area contributed by atoms with Crippen molar-refractivity contribution in [1.29, 1.82) is 0 Å². The highest BCUT2D eigenvalue weighted by Gasteiger charge is 2.12. The standard InChI is InChI=1S/C22H31N5O3/c1-17(30-20-11-6-5-10-19(20)29-4)15-25-22(23-2)26-16-21(28)27(3)14-12-18-9-7-8-13-24-18/h5-11,13,17H,12,14-16H2,1-4H3,(H2,23,25,26). The average molecular weight is 414 g/mol. The van der Waals surface area contributed by atoms with Crippen LogP contribution in [0.25, 0.3) is 0 Å². The lowest BCUT2D eigenvalue weighted by Gasteiger charge is -2.20. The van der Waals surface area contributed by atoms with Crippen LogP contribution in [0, 0.1) is 0 Å². The monoisotopic (exact) mass is 413 g/mol. The molecule has 0 bridgehead atoms. The Hall–Kier alpha value is -3.29. The highest BCUT2D eigenvalue weighted by Crippen LogP contribution is 2.26. The summed E-state index contributed by atoms with van der Waals surface area (Å²) in [6.45, 7) is 3.22. The molecule has 8 heteroatoms. The number of amides is 1. The topological polar surface area (TPSA) is 88.1 Å². The third-order valence-corrected chi connectivity index (χ3v) is 4.44. The molecule has 0 saturated heterocycles. The summed E-state index contributed by atoms with van der Waals surface area (Å²) < 4.78 is 11.2. The zero-order valence-electron chi connectivity index (χ0n) is 18.1. The zero-order chi connectivity index (χ0) is 21.8. The Bertz CT molecular complexity index is 813. The molecule has 0 saturated carbocycles. The van der Waals surface area contributed by atoms with Crippen molar-refractivity contribution in [2.45, 2.75) is 19.4 Å². The second-order valence-electron chi connectivity index (χ2n) is 6.77. The number of nitrogens with one attached hydrogen (secondary N) is 2. The van der Waals surface area contributed by atoms with Crippen LogP contribution in [0.5, 0.6) is 11.5 Å². The van der Waals surface area contributed by atoms with Crippen LogP contribution in [0.2, 0.25) is 0 Å². The van der Waals surface area contributed by atoms with Gasteiger partial charge < -0.3 is 25.0 Å². The van der Waals surface area contributed by atoms with Gasteiger partial charge in [-0.25, -0.2) is 0 Å². The molecule has 2 aromatic rings. The lowest BCUT2D eigenvalue weighted by Crippen LogP contribution is -2.46. The molecule has 1 amide bonds. The molecule has 0 aliphatic carbocycles. The Morgan fingerprint density at radius 3 is 2.57 bits per heavy atom. The van der Waals surface area contributed by atoms with Crippen LogP contribution in [-0.4, -0.2) is 68.7 Å². The summed E-state index contributed by atoms with van der Waals surface area (Å²) in [5.41, 5.74) is 0.964. The van der Waals surface area contributed by atoms with Gasteiger partial charge in [-0.1, -0.05) is 18.2 Å². The lowest BCUT2D eigenvalue weighted by molar-refractivity contribution is -0.128. The number of benzene rings is 1. The van der Waals surface area contributed by atoms with Crippen LogP contribution in [0.1, 0.15) is 12.6 Å². The number of ether oxygens (including phenoxy) is 2. The first-order valence-electron chi connectivity index (χ1n) is 9.91. The van der Waals surface area contributed by atoms with Gasteiger partial charge in [0.25, 0.3) is 0 Å². The van der Waals surface area contributed by atoms with Crippen molar-refractivity contribution >= 4 is 11.9 Å². The highest BCUT2D eigenvalue weighted by molar-refractivity contribution is 5.86. The van der Waals surface area contributed by atoms with Gasteiger partial charge >= 0.3 is 0 Å². The largest absolute Gasteiger partial charge is 0.493 e. The van der Waals surface area contributed by atoms with Crippen LogP contribution in [0.3, 0.4) is 0 Å². The predicted octanol–water partition coefficient (Wildman–Crippen LogP) is 1.72.